The molecule has 0 aliphatic rings. The summed E-state index contributed by atoms with van der Waals surface area (Å²) in [6, 6.07) is 0. The predicted octanol–water partition coefficient (Wildman–Crippen LogP) is 1.09. The van der Waals surface area contributed by atoms with Crippen LogP contribution in [0.25, 0.3) is 0 Å². The highest BCUT2D eigenvalue weighted by Gasteiger charge is 1.89. The highest BCUT2D eigenvalue weighted by atomic mass is 32.1. The number of thiol groups is 1. The molecule has 3 heteroatoms. The number of rotatable bonds is 1. The van der Waals surface area contributed by atoms with Crippen LogP contribution in [0.3, 0.4) is 0 Å². The van der Waals surface area contributed by atoms with E-state index in [0.717, 1.165) is 17.9 Å². The maximum Gasteiger partial charge on any atom is 0.111 e. The highest BCUT2D eigenvalue weighted by Crippen LogP contribution is 1.92. The molecule has 1 aromatic rings. The fourth-order valence-corrected chi connectivity index (χ4v) is 0.798. The van der Waals surface area contributed by atoms with Gasteiger partial charge in [-0.1, -0.05) is 5.92 Å². The van der Waals surface area contributed by atoms with Crippen LogP contribution in [0.4, 0.5) is 0 Å². The lowest BCUT2D eigenvalue weighted by Crippen LogP contribution is -1.87. The minimum Gasteiger partial charge on any atom is -0.327 e. The van der Waals surface area contributed by atoms with Gasteiger partial charge < -0.3 is 4.57 Å². The summed E-state index contributed by atoms with van der Waals surface area (Å²) in [5.41, 5.74) is 0.951. The third-order valence-corrected chi connectivity index (χ3v) is 1.49. The van der Waals surface area contributed by atoms with Gasteiger partial charge in [0.1, 0.15) is 5.69 Å². The van der Waals surface area contributed by atoms with E-state index in [1.165, 1.54) is 0 Å². The Morgan fingerprint density at radius 2 is 2.55 bits per heavy atom. The van der Waals surface area contributed by atoms with Crippen LogP contribution in [0.1, 0.15) is 12.1 Å². The van der Waals surface area contributed by atoms with Gasteiger partial charge in [-0.25, -0.2) is 4.98 Å². The molecule has 0 N–H and O–H groups in total. The van der Waals surface area contributed by atoms with Crippen LogP contribution in [0.5, 0.6) is 0 Å². The number of imidazole rings is 1. The fraction of sp³-hybridized carbons (Fsp3) is 0.375. The lowest BCUT2D eigenvalue weighted by Gasteiger charge is -1.88. The molecule has 0 aromatic carbocycles. The van der Waals surface area contributed by atoms with Crippen LogP contribution in [0.15, 0.2) is 12.5 Å². The summed E-state index contributed by atoms with van der Waals surface area (Å²) in [7, 11) is 1.93. The summed E-state index contributed by atoms with van der Waals surface area (Å²) in [5, 5.41) is 0. The SMILES string of the molecule is Cn1cncc1C#CCCS. The Kier molecular flexibility index (Phi) is 3.06. The monoisotopic (exact) mass is 166 g/mol. The predicted molar refractivity (Wildman–Crippen MR) is 48.6 cm³/mol. The van der Waals surface area contributed by atoms with E-state index in [0.29, 0.717) is 0 Å². The van der Waals surface area contributed by atoms with E-state index < -0.39 is 0 Å². The van der Waals surface area contributed by atoms with Crippen molar-refractivity contribution < 1.29 is 0 Å². The second-order valence-corrected chi connectivity index (χ2v) is 2.61. The zero-order chi connectivity index (χ0) is 8.10. The molecule has 1 heterocycles. The zero-order valence-corrected chi connectivity index (χ0v) is 7.30. The Bertz CT molecular complexity index is 280. The molecule has 0 spiro atoms. The fourth-order valence-electron chi connectivity index (χ4n) is 0.687. The molecule has 0 fully saturated rings. The summed E-state index contributed by atoms with van der Waals surface area (Å²) in [6.07, 6.45) is 4.32. The van der Waals surface area contributed by atoms with Gasteiger partial charge in [0.05, 0.1) is 12.5 Å². The Labute approximate surface area is 72.0 Å². The Morgan fingerprint density at radius 1 is 1.73 bits per heavy atom. The van der Waals surface area contributed by atoms with E-state index in [4.69, 9.17) is 0 Å². The van der Waals surface area contributed by atoms with Crippen LogP contribution >= 0.6 is 12.6 Å². The van der Waals surface area contributed by atoms with Crippen molar-refractivity contribution in [2.75, 3.05) is 5.75 Å². The average molecular weight is 166 g/mol. The molecule has 2 nitrogen and oxygen atoms in total. The van der Waals surface area contributed by atoms with Crippen molar-refractivity contribution in [1.82, 2.24) is 9.55 Å². The van der Waals surface area contributed by atoms with Gasteiger partial charge in [-0.05, 0) is 5.92 Å². The van der Waals surface area contributed by atoms with Gasteiger partial charge >= 0.3 is 0 Å². The van der Waals surface area contributed by atoms with Gasteiger partial charge in [-0.15, -0.1) is 0 Å². The molecular formula is C8H10N2S. The molecule has 0 aliphatic heterocycles. The van der Waals surface area contributed by atoms with Crippen LogP contribution in [0.2, 0.25) is 0 Å². The molecule has 11 heavy (non-hydrogen) atoms. The minimum atomic E-state index is 0.810. The van der Waals surface area contributed by atoms with Gasteiger partial charge in [0, 0.05) is 19.2 Å². The molecular weight excluding hydrogens is 156 g/mol. The Hall–Kier alpha value is -0.880. The Balaban J connectivity index is 2.65. The zero-order valence-electron chi connectivity index (χ0n) is 6.41. The summed E-state index contributed by atoms with van der Waals surface area (Å²) in [6.45, 7) is 0. The third-order valence-electron chi connectivity index (χ3n) is 1.27. The van der Waals surface area contributed by atoms with Crippen molar-refractivity contribution in [3.8, 4) is 11.8 Å². The number of hydrogen-bond acceptors (Lipinski definition) is 2. The van der Waals surface area contributed by atoms with Crippen molar-refractivity contribution in [2.24, 2.45) is 7.05 Å². The Morgan fingerprint density at radius 3 is 3.09 bits per heavy atom. The smallest absolute Gasteiger partial charge is 0.111 e. The largest absolute Gasteiger partial charge is 0.327 e. The van der Waals surface area contributed by atoms with Gasteiger partial charge in [-0.2, -0.15) is 12.6 Å². The first-order chi connectivity index (χ1) is 5.34. The maximum atomic E-state index is 4.05. The maximum absolute atomic E-state index is 4.05. The number of nitrogens with zero attached hydrogens (tertiary/aromatic N) is 2. The number of aromatic nitrogens is 2. The average Bonchev–Trinajstić information content (AvgIpc) is 2.37. The minimum absolute atomic E-state index is 0.810. The second-order valence-electron chi connectivity index (χ2n) is 2.17. The quantitative estimate of drug-likeness (QED) is 0.488. The molecule has 0 bridgehead atoms. The third kappa shape index (κ3) is 2.32. The molecule has 0 saturated carbocycles. The summed E-state index contributed by atoms with van der Waals surface area (Å²) in [5.74, 6) is 6.80. The first kappa shape index (κ1) is 8.22. The molecule has 0 saturated heterocycles. The highest BCUT2D eigenvalue weighted by molar-refractivity contribution is 7.80. The van der Waals surface area contributed by atoms with Crippen molar-refractivity contribution in [3.63, 3.8) is 0 Å². The van der Waals surface area contributed by atoms with Gasteiger partial charge in [0.25, 0.3) is 0 Å². The van der Waals surface area contributed by atoms with Crippen LogP contribution in [-0.4, -0.2) is 15.3 Å². The van der Waals surface area contributed by atoms with E-state index in [-0.39, 0.29) is 0 Å². The van der Waals surface area contributed by atoms with Crippen molar-refractivity contribution in [1.29, 1.82) is 0 Å². The first-order valence-electron chi connectivity index (χ1n) is 3.40. The van der Waals surface area contributed by atoms with Crippen LogP contribution in [0, 0.1) is 11.8 Å². The van der Waals surface area contributed by atoms with E-state index in [9.17, 15) is 0 Å². The molecule has 1 rings (SSSR count). The summed E-state index contributed by atoms with van der Waals surface area (Å²) >= 11 is 4.05. The van der Waals surface area contributed by atoms with Crippen molar-refractivity contribution >= 4 is 12.6 Å². The molecule has 0 unspecified atom stereocenters. The second kappa shape index (κ2) is 4.09. The standard InChI is InChI=1S/C8H10N2S/c1-10-7-9-6-8(10)4-2-3-5-11/h6-7,11H,3,5H2,1H3. The molecule has 1 aromatic heterocycles. The first-order valence-corrected chi connectivity index (χ1v) is 4.04. The molecule has 0 atom stereocenters. The molecule has 0 aliphatic carbocycles. The van der Waals surface area contributed by atoms with Crippen LogP contribution < -0.4 is 0 Å². The summed E-state index contributed by atoms with van der Waals surface area (Å²) in [4.78, 5) is 3.94. The number of hydrogen-bond donors (Lipinski definition) is 1. The normalized spacial score (nSPS) is 8.91. The van der Waals surface area contributed by atoms with Gasteiger partial charge in [-0.3, -0.25) is 0 Å². The van der Waals surface area contributed by atoms with E-state index >= 15 is 0 Å². The topological polar surface area (TPSA) is 17.8 Å². The lowest BCUT2D eigenvalue weighted by molar-refractivity contribution is 0.899. The molecule has 0 amide bonds. The van der Waals surface area contributed by atoms with Crippen LogP contribution in [-0.2, 0) is 7.05 Å². The van der Waals surface area contributed by atoms with Gasteiger partial charge in [0.2, 0.25) is 0 Å². The van der Waals surface area contributed by atoms with Gasteiger partial charge in [0.15, 0.2) is 0 Å². The molecule has 58 valence electrons. The lowest BCUT2D eigenvalue weighted by atomic mass is 10.4. The van der Waals surface area contributed by atoms with E-state index in [1.807, 2.05) is 11.6 Å². The van der Waals surface area contributed by atoms with E-state index in [1.54, 1.807) is 12.5 Å². The summed E-state index contributed by atoms with van der Waals surface area (Å²) < 4.78 is 1.89. The van der Waals surface area contributed by atoms with Crippen molar-refractivity contribution in [3.05, 3.63) is 18.2 Å². The molecule has 0 radical (unpaired) electrons. The van der Waals surface area contributed by atoms with E-state index in [2.05, 4.69) is 29.5 Å². The van der Waals surface area contributed by atoms with Crippen molar-refractivity contribution in [2.45, 2.75) is 6.42 Å². The number of aryl methyl sites for hydroxylation is 1.